The Balaban J connectivity index is 2.55. The number of amides is 1. The van der Waals surface area contributed by atoms with Gasteiger partial charge in [-0.1, -0.05) is 0 Å². The number of nitrogens with zero attached hydrogens (tertiary/aromatic N) is 3. The van der Waals surface area contributed by atoms with E-state index in [9.17, 15) is 4.79 Å². The lowest BCUT2D eigenvalue weighted by Gasteiger charge is -2.17. The first-order valence-corrected chi connectivity index (χ1v) is 5.02. The van der Waals surface area contributed by atoms with Gasteiger partial charge in [-0.2, -0.15) is 0 Å². The topological polar surface area (TPSA) is 84.1 Å². The Kier molecular flexibility index (Phi) is 4.19. The third-order valence-corrected chi connectivity index (χ3v) is 1.92. The third-order valence-electron chi connectivity index (χ3n) is 1.92. The van der Waals surface area contributed by atoms with E-state index in [4.69, 9.17) is 5.73 Å². The van der Waals surface area contributed by atoms with Gasteiger partial charge >= 0.3 is 0 Å². The summed E-state index contributed by atoms with van der Waals surface area (Å²) in [6, 6.07) is 0.0573. The predicted molar refractivity (Wildman–Crippen MR) is 61.9 cm³/mol. The summed E-state index contributed by atoms with van der Waals surface area (Å²) in [4.78, 5) is 21.4. The number of hydrogen-bond donors (Lipinski definition) is 2. The van der Waals surface area contributed by atoms with Crippen molar-refractivity contribution in [3.63, 3.8) is 0 Å². The summed E-state index contributed by atoms with van der Waals surface area (Å²) in [5.74, 6) is 0.0692. The van der Waals surface area contributed by atoms with Crippen molar-refractivity contribution in [2.75, 3.05) is 26.4 Å². The average Bonchev–Trinajstić information content (AvgIpc) is 2.16. The van der Waals surface area contributed by atoms with Crippen molar-refractivity contribution in [3.05, 3.63) is 18.1 Å². The third kappa shape index (κ3) is 3.82. The molecule has 0 radical (unpaired) electrons. The van der Waals surface area contributed by atoms with Crippen LogP contribution in [0.1, 0.15) is 17.4 Å². The quantitative estimate of drug-likeness (QED) is 0.734. The molecule has 0 aromatic carbocycles. The van der Waals surface area contributed by atoms with Crippen molar-refractivity contribution >= 4 is 11.7 Å². The number of rotatable bonds is 4. The Hall–Kier alpha value is -1.69. The van der Waals surface area contributed by atoms with Gasteiger partial charge in [-0.3, -0.25) is 4.79 Å². The first-order chi connectivity index (χ1) is 7.49. The molecule has 0 spiro atoms. The minimum Gasteiger partial charge on any atom is -0.382 e. The molecule has 16 heavy (non-hydrogen) atoms. The minimum atomic E-state index is -0.234. The first-order valence-electron chi connectivity index (χ1n) is 5.02. The fourth-order valence-electron chi connectivity index (χ4n) is 1.35. The van der Waals surface area contributed by atoms with E-state index in [1.807, 2.05) is 25.9 Å². The van der Waals surface area contributed by atoms with Crippen LogP contribution >= 0.6 is 0 Å². The monoisotopic (exact) mass is 223 g/mol. The molecular weight excluding hydrogens is 206 g/mol. The summed E-state index contributed by atoms with van der Waals surface area (Å²) in [6.07, 6.45) is 2.73. The Morgan fingerprint density at radius 2 is 2.19 bits per heavy atom. The number of carbonyl (C=O) groups is 1. The molecular formula is C10H17N5O. The number of nitrogen functional groups attached to an aromatic ring is 1. The maximum Gasteiger partial charge on any atom is 0.271 e. The second-order valence-electron chi connectivity index (χ2n) is 3.96. The lowest BCUT2D eigenvalue weighted by Crippen LogP contribution is -2.39. The van der Waals surface area contributed by atoms with E-state index in [0.717, 1.165) is 6.54 Å². The van der Waals surface area contributed by atoms with E-state index in [0.29, 0.717) is 5.82 Å². The molecule has 0 aliphatic heterocycles. The Bertz CT molecular complexity index is 349. The summed E-state index contributed by atoms with van der Waals surface area (Å²) in [7, 11) is 3.90. The van der Waals surface area contributed by atoms with E-state index >= 15 is 0 Å². The molecule has 0 saturated heterocycles. The van der Waals surface area contributed by atoms with Crippen molar-refractivity contribution in [2.24, 2.45) is 0 Å². The standard InChI is InChI=1S/C10H17N5O/c1-7(6-15(2)3)14-10(16)8-4-13-9(11)5-12-8/h4-5,7H,6H2,1-3H3,(H2,11,13)(H,14,16). The molecule has 1 rings (SSSR count). The molecule has 1 atom stereocenters. The lowest BCUT2D eigenvalue weighted by atomic mass is 10.3. The highest BCUT2D eigenvalue weighted by molar-refractivity contribution is 5.92. The molecule has 0 aliphatic rings. The van der Waals surface area contributed by atoms with Gasteiger partial charge in [-0.05, 0) is 21.0 Å². The first kappa shape index (κ1) is 12.4. The van der Waals surface area contributed by atoms with Crippen molar-refractivity contribution in [3.8, 4) is 0 Å². The van der Waals surface area contributed by atoms with E-state index in [-0.39, 0.29) is 17.6 Å². The van der Waals surface area contributed by atoms with E-state index in [1.54, 1.807) is 0 Å². The van der Waals surface area contributed by atoms with Crippen LogP contribution in [0.15, 0.2) is 12.4 Å². The Morgan fingerprint density at radius 3 is 2.69 bits per heavy atom. The van der Waals surface area contributed by atoms with Gasteiger partial charge in [0.1, 0.15) is 11.5 Å². The molecule has 3 N–H and O–H groups in total. The second-order valence-corrected chi connectivity index (χ2v) is 3.96. The zero-order valence-electron chi connectivity index (χ0n) is 9.77. The van der Waals surface area contributed by atoms with Crippen LogP contribution in [-0.2, 0) is 0 Å². The predicted octanol–water partition coefficient (Wildman–Crippen LogP) is -0.261. The molecule has 1 heterocycles. The molecule has 0 aliphatic carbocycles. The van der Waals surface area contributed by atoms with Crippen LogP contribution < -0.4 is 11.1 Å². The van der Waals surface area contributed by atoms with Crippen LogP contribution in [0.5, 0.6) is 0 Å². The maximum atomic E-state index is 11.7. The number of likely N-dealkylation sites (N-methyl/N-ethyl adjacent to an activating group) is 1. The van der Waals surface area contributed by atoms with Gasteiger partial charge in [-0.25, -0.2) is 9.97 Å². The highest BCUT2D eigenvalue weighted by atomic mass is 16.1. The molecule has 1 unspecified atom stereocenters. The van der Waals surface area contributed by atoms with Gasteiger partial charge in [0, 0.05) is 12.6 Å². The van der Waals surface area contributed by atoms with Crippen LogP contribution in [0, 0.1) is 0 Å². The second kappa shape index (κ2) is 5.41. The zero-order chi connectivity index (χ0) is 12.1. The van der Waals surface area contributed by atoms with Crippen molar-refractivity contribution in [1.82, 2.24) is 20.2 Å². The van der Waals surface area contributed by atoms with Gasteiger partial charge in [-0.15, -0.1) is 0 Å². The molecule has 6 nitrogen and oxygen atoms in total. The summed E-state index contributed by atoms with van der Waals surface area (Å²) in [5, 5.41) is 2.82. The van der Waals surface area contributed by atoms with E-state index < -0.39 is 0 Å². The van der Waals surface area contributed by atoms with Crippen molar-refractivity contribution in [2.45, 2.75) is 13.0 Å². The molecule has 1 aromatic rings. The van der Waals surface area contributed by atoms with Gasteiger partial charge in [0.15, 0.2) is 0 Å². The maximum absolute atomic E-state index is 11.7. The number of carbonyl (C=O) groups excluding carboxylic acids is 1. The number of aromatic nitrogens is 2. The fourth-order valence-corrected chi connectivity index (χ4v) is 1.35. The highest BCUT2D eigenvalue weighted by Gasteiger charge is 2.11. The van der Waals surface area contributed by atoms with Crippen LogP contribution in [0.4, 0.5) is 5.82 Å². The van der Waals surface area contributed by atoms with Gasteiger partial charge in [0.2, 0.25) is 0 Å². The minimum absolute atomic E-state index is 0.0573. The number of nitrogens with two attached hydrogens (primary N) is 1. The fraction of sp³-hybridized carbons (Fsp3) is 0.500. The van der Waals surface area contributed by atoms with Crippen LogP contribution in [0.2, 0.25) is 0 Å². The summed E-state index contributed by atoms with van der Waals surface area (Å²) < 4.78 is 0. The van der Waals surface area contributed by atoms with Crippen LogP contribution in [-0.4, -0.2) is 47.5 Å². The largest absolute Gasteiger partial charge is 0.382 e. The van der Waals surface area contributed by atoms with Gasteiger partial charge in [0.05, 0.1) is 12.4 Å². The van der Waals surface area contributed by atoms with Gasteiger partial charge in [0.25, 0.3) is 5.91 Å². The molecule has 0 bridgehead atoms. The molecule has 6 heteroatoms. The lowest BCUT2D eigenvalue weighted by molar-refractivity contribution is 0.0929. The molecule has 0 fully saturated rings. The van der Waals surface area contributed by atoms with Crippen molar-refractivity contribution < 1.29 is 4.79 Å². The van der Waals surface area contributed by atoms with Gasteiger partial charge < -0.3 is 16.0 Å². The molecule has 1 amide bonds. The summed E-state index contributed by atoms with van der Waals surface area (Å²) in [5.41, 5.74) is 5.66. The van der Waals surface area contributed by atoms with Crippen LogP contribution in [0.3, 0.4) is 0 Å². The number of anilines is 1. The number of nitrogens with one attached hydrogen (secondary N) is 1. The Morgan fingerprint density at radius 1 is 1.50 bits per heavy atom. The van der Waals surface area contributed by atoms with Crippen LogP contribution in [0.25, 0.3) is 0 Å². The average molecular weight is 223 g/mol. The normalized spacial score (nSPS) is 12.5. The number of hydrogen-bond acceptors (Lipinski definition) is 5. The molecule has 0 saturated carbocycles. The SMILES string of the molecule is CC(CN(C)C)NC(=O)c1cnc(N)cn1. The molecule has 88 valence electrons. The molecule has 1 aromatic heterocycles. The summed E-state index contributed by atoms with van der Waals surface area (Å²) in [6.45, 7) is 2.71. The van der Waals surface area contributed by atoms with E-state index in [1.165, 1.54) is 12.4 Å². The Labute approximate surface area is 94.9 Å². The highest BCUT2D eigenvalue weighted by Crippen LogP contribution is 1.97. The zero-order valence-corrected chi connectivity index (χ0v) is 9.77. The van der Waals surface area contributed by atoms with E-state index in [2.05, 4.69) is 15.3 Å². The summed E-state index contributed by atoms with van der Waals surface area (Å²) >= 11 is 0. The van der Waals surface area contributed by atoms with Crippen molar-refractivity contribution in [1.29, 1.82) is 0 Å². The smallest absolute Gasteiger partial charge is 0.271 e.